The molecule has 0 N–H and O–H groups in total. The molecule has 2 aliphatic heterocycles. The summed E-state index contributed by atoms with van der Waals surface area (Å²) in [6.07, 6.45) is 8.56. The summed E-state index contributed by atoms with van der Waals surface area (Å²) in [5, 5.41) is 0. The van der Waals surface area contributed by atoms with Gasteiger partial charge < -0.3 is 0 Å². The van der Waals surface area contributed by atoms with Crippen LogP contribution in [-0.4, -0.2) is 77.3 Å². The quantitative estimate of drug-likeness (QED) is 0.0883. The summed E-state index contributed by atoms with van der Waals surface area (Å²) in [4.78, 5) is 35.1. The normalized spacial score (nSPS) is 11.6. The fraction of sp³-hybridized carbons (Fsp3) is 0.115. The summed E-state index contributed by atoms with van der Waals surface area (Å²) < 4.78 is 26.5. The molecule has 8 bridgehead atoms. The number of ether oxygens (including phenoxy) is 4. The summed E-state index contributed by atoms with van der Waals surface area (Å²) in [5.74, 6) is 0.329. The minimum atomic E-state index is -0.410. The van der Waals surface area contributed by atoms with E-state index in [-0.39, 0.29) is 42.2 Å². The van der Waals surface area contributed by atoms with Gasteiger partial charge in [-0.2, -0.15) is 0 Å². The van der Waals surface area contributed by atoms with Gasteiger partial charge in [-0.1, -0.05) is 0 Å². The van der Waals surface area contributed by atoms with E-state index in [0.29, 0.717) is 24.7 Å². The molecule has 0 spiro atoms. The van der Waals surface area contributed by atoms with Crippen LogP contribution in [0.5, 0.6) is 11.5 Å². The molecule has 4 aromatic carbocycles. The molecule has 0 unspecified atom stereocenters. The van der Waals surface area contributed by atoms with Gasteiger partial charge in [0.05, 0.1) is 0 Å². The van der Waals surface area contributed by atoms with Gasteiger partial charge in [-0.15, -0.1) is 0 Å². The Bertz CT molecular complexity index is 2810. The van der Waals surface area contributed by atoms with Crippen LogP contribution in [0.4, 0.5) is 0 Å². The molecule has 306 valence electrons. The van der Waals surface area contributed by atoms with Gasteiger partial charge in [0.25, 0.3) is 0 Å². The molecule has 0 saturated heterocycles. The topological polar surface area (TPSA) is 96.8 Å². The van der Waals surface area contributed by atoms with Crippen molar-refractivity contribution in [1.82, 2.24) is 9.97 Å². The van der Waals surface area contributed by atoms with Gasteiger partial charge >= 0.3 is 373 Å². The second-order valence-corrected chi connectivity index (χ2v) is 18.8. The molecule has 0 atom stereocenters. The number of carbonyl (C=O) groups excluding carboxylic acids is 2. The van der Waals surface area contributed by atoms with Crippen molar-refractivity contribution in [2.45, 2.75) is 13.8 Å². The second kappa shape index (κ2) is 18.6. The van der Waals surface area contributed by atoms with Crippen molar-refractivity contribution >= 4 is 82.3 Å². The Morgan fingerprint density at radius 2 is 0.726 bits per heavy atom. The predicted molar refractivity (Wildman–Crippen MR) is 250 cm³/mol. The number of esters is 2. The van der Waals surface area contributed by atoms with E-state index in [0.717, 1.165) is 75.8 Å². The summed E-state index contributed by atoms with van der Waals surface area (Å²) >= 11 is -0.250. The zero-order valence-electron chi connectivity index (χ0n) is 34.0. The maximum absolute atomic E-state index is 12.1. The van der Waals surface area contributed by atoms with E-state index in [4.69, 9.17) is 28.9 Å². The van der Waals surface area contributed by atoms with Crippen LogP contribution in [-0.2, 0) is 19.1 Å². The Morgan fingerprint density at radius 3 is 1.03 bits per heavy atom. The molecule has 2 aliphatic rings. The van der Waals surface area contributed by atoms with Crippen LogP contribution in [0.3, 0.4) is 0 Å². The summed E-state index contributed by atoms with van der Waals surface area (Å²) in [7, 11) is 0. The molecule has 0 fully saturated rings. The van der Waals surface area contributed by atoms with Gasteiger partial charge in [-0.25, -0.2) is 0 Å². The number of hydrogen-bond donors (Lipinski definition) is 0. The average molecular weight is 947 g/mol. The summed E-state index contributed by atoms with van der Waals surface area (Å²) in [6, 6.07) is 45.7. The van der Waals surface area contributed by atoms with Crippen LogP contribution >= 0.6 is 0 Å². The van der Waals surface area contributed by atoms with E-state index in [1.54, 1.807) is 13.8 Å². The molecule has 0 amide bonds. The number of nitrogens with zero attached hydrogens (tertiary/aromatic N) is 2. The van der Waals surface area contributed by atoms with Crippen molar-refractivity contribution in [3.05, 3.63) is 156 Å². The van der Waals surface area contributed by atoms with Crippen molar-refractivity contribution in [2.75, 3.05) is 26.4 Å². The molecule has 5 heterocycles. The number of benzene rings is 4. The Hall–Kier alpha value is -6.54. The average Bonchev–Trinajstić information content (AvgIpc) is 4.15. The number of aromatic nitrogens is 2. The second-order valence-electron chi connectivity index (χ2n) is 14.2. The van der Waals surface area contributed by atoms with Crippen molar-refractivity contribution in [3.63, 3.8) is 0 Å². The fourth-order valence-electron chi connectivity index (χ4n) is 7.50. The Labute approximate surface area is 371 Å². The van der Waals surface area contributed by atoms with Crippen LogP contribution in [0.1, 0.15) is 36.6 Å². The van der Waals surface area contributed by atoms with Crippen LogP contribution in [0.2, 0.25) is 0 Å². The first-order chi connectivity index (χ1) is 30.4. The van der Waals surface area contributed by atoms with Crippen molar-refractivity contribution in [3.8, 4) is 56.0 Å². The standard InChI is InChI=1S/C52H40N2O6Se2/c1-3-57-47(55)31-59-37-19-15-35(16-20-37)51-41-25-23-39(53-41)49(33-11-7-5-8-12-33)43-27-28-44(61-43)50(34-13-9-6-10-14-34)40-24-26-42(54-40)52(46-30-29-45(51)62-46)36-17-21-38(22-18-36)60-32-48(56)58-4-2/h5-30H,3-4,31-32H2,1-2H3. The number of rotatable bonds is 12. The molecule has 62 heavy (non-hydrogen) atoms. The van der Waals surface area contributed by atoms with Gasteiger partial charge in [-0.3, -0.25) is 0 Å². The molecule has 0 radical (unpaired) electrons. The van der Waals surface area contributed by atoms with E-state index in [9.17, 15) is 9.59 Å². The third kappa shape index (κ3) is 8.78. The van der Waals surface area contributed by atoms with Crippen molar-refractivity contribution in [1.29, 1.82) is 0 Å². The molecule has 10 heteroatoms. The predicted octanol–water partition coefficient (Wildman–Crippen LogP) is 10.7. The molecule has 0 saturated carbocycles. The third-order valence-electron chi connectivity index (χ3n) is 10.2. The van der Waals surface area contributed by atoms with Crippen LogP contribution < -0.4 is 9.47 Å². The van der Waals surface area contributed by atoms with E-state index in [1.165, 1.54) is 8.52 Å². The molecule has 9 rings (SSSR count). The fourth-order valence-corrected chi connectivity index (χ4v) is 12.4. The number of carbonyl (C=O) groups is 2. The van der Waals surface area contributed by atoms with E-state index in [1.807, 2.05) is 60.7 Å². The minimum absolute atomic E-state index is 0.0727. The van der Waals surface area contributed by atoms with Crippen molar-refractivity contribution in [2.24, 2.45) is 0 Å². The monoisotopic (exact) mass is 948 g/mol. The molecule has 7 aromatic rings. The summed E-state index contributed by atoms with van der Waals surface area (Å²) in [5.41, 5.74) is 12.1. The zero-order chi connectivity index (χ0) is 42.4. The molecular weight excluding hydrogens is 906 g/mol. The first kappa shape index (κ1) is 40.8. The Morgan fingerprint density at radius 1 is 0.419 bits per heavy atom. The third-order valence-corrected chi connectivity index (χ3v) is 14.9. The first-order valence-electron chi connectivity index (χ1n) is 20.3. The molecule has 8 nitrogen and oxygen atoms in total. The van der Waals surface area contributed by atoms with Gasteiger partial charge in [0.1, 0.15) is 0 Å². The van der Waals surface area contributed by atoms with Crippen LogP contribution in [0.15, 0.2) is 133 Å². The summed E-state index contributed by atoms with van der Waals surface area (Å²) in [6.45, 7) is 3.82. The van der Waals surface area contributed by atoms with E-state index in [2.05, 4.69) is 97.1 Å². The van der Waals surface area contributed by atoms with Crippen LogP contribution in [0.25, 0.3) is 85.9 Å². The Balaban J connectivity index is 1.31. The SMILES string of the molecule is CCOC(=O)COc1ccc(-c2c3nc(c(-c4ccccc4)c4ccc([se]4)c(-c4ccccc4)c4nc(c(-c5ccc(OCC(=O)OCC)cc5)c5ccc2[se]5)C=C4)C=C3)cc1. The molecule has 0 aliphatic carbocycles. The Kier molecular flexibility index (Phi) is 12.3. The van der Waals surface area contributed by atoms with Crippen LogP contribution in [0, 0.1) is 0 Å². The number of fused-ring (bicyclic) bond motifs is 8. The molecule has 3 aromatic heterocycles. The molecular formula is C52H40N2O6Se2. The zero-order valence-corrected chi connectivity index (χ0v) is 37.4. The number of hydrogen-bond acceptors (Lipinski definition) is 8. The van der Waals surface area contributed by atoms with Gasteiger partial charge in [0.15, 0.2) is 0 Å². The maximum atomic E-state index is 12.1. The van der Waals surface area contributed by atoms with Gasteiger partial charge in [-0.05, 0) is 0 Å². The van der Waals surface area contributed by atoms with E-state index >= 15 is 0 Å². The van der Waals surface area contributed by atoms with Gasteiger partial charge in [0, 0.05) is 0 Å². The van der Waals surface area contributed by atoms with Crippen molar-refractivity contribution < 1.29 is 28.5 Å². The van der Waals surface area contributed by atoms with Gasteiger partial charge in [0.2, 0.25) is 0 Å². The first-order valence-corrected chi connectivity index (χ1v) is 23.7. The van der Waals surface area contributed by atoms with E-state index < -0.39 is 11.9 Å².